The van der Waals surface area contributed by atoms with Crippen LogP contribution in [0.5, 0.6) is 0 Å². The van der Waals surface area contributed by atoms with Crippen molar-refractivity contribution in [1.82, 2.24) is 0 Å². The number of rotatable bonds is 0. The third-order valence-electron chi connectivity index (χ3n) is 3.40. The van der Waals surface area contributed by atoms with E-state index in [1.54, 1.807) is 0 Å². The fourth-order valence-corrected chi connectivity index (χ4v) is 4.91. The normalized spacial score (nSPS) is 9.38. The first kappa shape index (κ1) is 22.3. The average Bonchev–Trinajstić information content (AvgIpc) is 3.08. The highest BCUT2D eigenvalue weighted by Crippen LogP contribution is 2.27. The Morgan fingerprint density at radius 1 is 0.769 bits per heavy atom. The van der Waals surface area contributed by atoms with Crippen molar-refractivity contribution >= 4 is 64.9 Å². The molecule has 0 N–H and O–H groups in total. The summed E-state index contributed by atoms with van der Waals surface area (Å²) in [5.74, 6) is 0. The van der Waals surface area contributed by atoms with Gasteiger partial charge in [-0.15, -0.1) is 22.7 Å². The zero-order valence-electron chi connectivity index (χ0n) is 14.1. The first-order valence-corrected chi connectivity index (χ1v) is 9.97. The minimum atomic E-state index is 0. The standard InChI is InChI=1S/C10H10S.C9H7BrS.CO2.CH4/c1-7-3-4-9-6-8(2)11-10(9)5-7;1-6-4-7-2-3-8(10)5-9(7)11-6;2-1-3;/h3-6H,1-2H3;2-5H,1H3;;1H4. The molecule has 136 valence electrons. The zero-order valence-corrected chi connectivity index (χ0v) is 17.3. The van der Waals surface area contributed by atoms with Crippen molar-refractivity contribution in [3.63, 3.8) is 0 Å². The van der Waals surface area contributed by atoms with Gasteiger partial charge in [0.05, 0.1) is 0 Å². The molecule has 0 amide bonds. The van der Waals surface area contributed by atoms with Crippen LogP contribution in [0.15, 0.2) is 53.0 Å². The maximum absolute atomic E-state index is 8.12. The molecule has 0 bridgehead atoms. The molecule has 0 aliphatic rings. The van der Waals surface area contributed by atoms with E-state index in [-0.39, 0.29) is 13.6 Å². The van der Waals surface area contributed by atoms with E-state index in [4.69, 9.17) is 9.59 Å². The van der Waals surface area contributed by atoms with Crippen molar-refractivity contribution in [2.45, 2.75) is 28.2 Å². The van der Waals surface area contributed by atoms with Gasteiger partial charge in [0.15, 0.2) is 0 Å². The summed E-state index contributed by atoms with van der Waals surface area (Å²) in [5, 5.41) is 2.72. The molecule has 4 aromatic rings. The summed E-state index contributed by atoms with van der Waals surface area (Å²) in [4.78, 5) is 19.0. The number of aryl methyl sites for hydroxylation is 3. The van der Waals surface area contributed by atoms with E-state index >= 15 is 0 Å². The van der Waals surface area contributed by atoms with Gasteiger partial charge < -0.3 is 0 Å². The summed E-state index contributed by atoms with van der Waals surface area (Å²) >= 11 is 7.15. The van der Waals surface area contributed by atoms with Gasteiger partial charge in [0, 0.05) is 23.6 Å². The minimum Gasteiger partial charge on any atom is -0.186 e. The lowest BCUT2D eigenvalue weighted by Gasteiger charge is -1.89. The van der Waals surface area contributed by atoms with Crippen LogP contribution in [-0.2, 0) is 9.59 Å². The Kier molecular flexibility index (Phi) is 8.89. The monoisotopic (exact) mass is 448 g/mol. The van der Waals surface area contributed by atoms with E-state index in [9.17, 15) is 0 Å². The number of hydrogen-bond acceptors (Lipinski definition) is 4. The van der Waals surface area contributed by atoms with Crippen LogP contribution < -0.4 is 0 Å². The maximum Gasteiger partial charge on any atom is 0.373 e. The Morgan fingerprint density at radius 3 is 1.77 bits per heavy atom. The molecular formula is C21H21BrO2S2. The first-order chi connectivity index (χ1) is 11.9. The van der Waals surface area contributed by atoms with Crippen LogP contribution in [0.25, 0.3) is 20.2 Å². The second-order valence-corrected chi connectivity index (χ2v) is 9.01. The van der Waals surface area contributed by atoms with Gasteiger partial charge in [0.2, 0.25) is 0 Å². The summed E-state index contributed by atoms with van der Waals surface area (Å²) in [6, 6.07) is 17.4. The van der Waals surface area contributed by atoms with E-state index < -0.39 is 0 Å². The highest BCUT2D eigenvalue weighted by molar-refractivity contribution is 9.10. The number of fused-ring (bicyclic) bond motifs is 2. The molecule has 2 aromatic carbocycles. The minimum absolute atomic E-state index is 0. The molecule has 2 nitrogen and oxygen atoms in total. The molecule has 0 spiro atoms. The number of hydrogen-bond donors (Lipinski definition) is 0. The summed E-state index contributed by atoms with van der Waals surface area (Å²) in [6.45, 7) is 6.42. The molecule has 0 radical (unpaired) electrons. The van der Waals surface area contributed by atoms with Crippen molar-refractivity contribution < 1.29 is 9.59 Å². The van der Waals surface area contributed by atoms with Gasteiger partial charge in [-0.3, -0.25) is 0 Å². The van der Waals surface area contributed by atoms with Gasteiger partial charge in [0.25, 0.3) is 0 Å². The van der Waals surface area contributed by atoms with Crippen LogP contribution in [-0.4, -0.2) is 6.15 Å². The predicted molar refractivity (Wildman–Crippen MR) is 117 cm³/mol. The lowest BCUT2D eigenvalue weighted by atomic mass is 10.2. The second-order valence-electron chi connectivity index (χ2n) is 5.52. The van der Waals surface area contributed by atoms with Crippen LogP contribution >= 0.6 is 38.6 Å². The van der Waals surface area contributed by atoms with Gasteiger partial charge in [-0.05, 0) is 67.4 Å². The number of halogens is 1. The molecule has 2 heterocycles. The van der Waals surface area contributed by atoms with Crippen molar-refractivity contribution in [3.05, 3.63) is 68.3 Å². The molecule has 0 saturated carbocycles. The molecule has 5 heteroatoms. The summed E-state index contributed by atoms with van der Waals surface area (Å²) < 4.78 is 3.92. The highest BCUT2D eigenvalue weighted by Gasteiger charge is 1.97. The molecule has 26 heavy (non-hydrogen) atoms. The van der Waals surface area contributed by atoms with E-state index in [1.165, 1.54) is 35.5 Å². The lowest BCUT2D eigenvalue weighted by molar-refractivity contribution is -0.191. The fourth-order valence-electron chi connectivity index (χ4n) is 2.41. The molecule has 0 aliphatic heterocycles. The predicted octanol–water partition coefficient (Wildman–Crippen LogP) is 7.54. The molecule has 0 fully saturated rings. The van der Waals surface area contributed by atoms with Crippen molar-refractivity contribution in [2.75, 3.05) is 0 Å². The average molecular weight is 449 g/mol. The molecule has 0 saturated heterocycles. The van der Waals surface area contributed by atoms with Crippen LogP contribution in [0.3, 0.4) is 0 Å². The molecular weight excluding hydrogens is 428 g/mol. The van der Waals surface area contributed by atoms with Crippen molar-refractivity contribution in [3.8, 4) is 0 Å². The fraction of sp³-hybridized carbons (Fsp3) is 0.190. The van der Waals surface area contributed by atoms with Crippen LogP contribution in [0, 0.1) is 20.8 Å². The van der Waals surface area contributed by atoms with E-state index in [0.717, 1.165) is 4.47 Å². The van der Waals surface area contributed by atoms with Gasteiger partial charge in [-0.1, -0.05) is 41.6 Å². The smallest absolute Gasteiger partial charge is 0.186 e. The number of carbonyl (C=O) groups excluding carboxylic acids is 2. The zero-order chi connectivity index (χ0) is 18.4. The van der Waals surface area contributed by atoms with E-state index in [0.29, 0.717) is 0 Å². The first-order valence-electron chi connectivity index (χ1n) is 7.54. The van der Waals surface area contributed by atoms with E-state index in [2.05, 4.69) is 85.2 Å². The Balaban J connectivity index is 0.000000219. The summed E-state index contributed by atoms with van der Waals surface area (Å²) in [7, 11) is 0. The highest BCUT2D eigenvalue weighted by atomic mass is 79.9. The molecule has 0 aliphatic carbocycles. The number of benzene rings is 2. The largest absolute Gasteiger partial charge is 0.373 e. The van der Waals surface area contributed by atoms with Gasteiger partial charge >= 0.3 is 6.15 Å². The third kappa shape index (κ3) is 6.19. The van der Waals surface area contributed by atoms with Gasteiger partial charge in [-0.2, -0.15) is 9.59 Å². The molecule has 2 aromatic heterocycles. The molecule has 0 atom stereocenters. The Hall–Kier alpha value is -1.78. The SMILES string of the molecule is C.Cc1cc2ccc(Br)cc2s1.Cc1ccc2cc(C)sc2c1.O=C=O. The van der Waals surface area contributed by atoms with Crippen LogP contribution in [0.2, 0.25) is 0 Å². The maximum atomic E-state index is 8.12. The topological polar surface area (TPSA) is 34.1 Å². The summed E-state index contributed by atoms with van der Waals surface area (Å²) in [5.41, 5.74) is 1.35. The van der Waals surface area contributed by atoms with Gasteiger partial charge in [-0.25, -0.2) is 0 Å². The lowest BCUT2D eigenvalue weighted by Crippen LogP contribution is -1.66. The van der Waals surface area contributed by atoms with Crippen molar-refractivity contribution in [1.29, 1.82) is 0 Å². The van der Waals surface area contributed by atoms with E-state index in [1.807, 2.05) is 22.7 Å². The molecule has 0 unspecified atom stereocenters. The number of thiophene rings is 2. The third-order valence-corrected chi connectivity index (χ3v) is 5.92. The van der Waals surface area contributed by atoms with Crippen LogP contribution in [0.1, 0.15) is 22.7 Å². The Morgan fingerprint density at radius 2 is 1.23 bits per heavy atom. The quantitative estimate of drug-likeness (QED) is 0.278. The Labute approximate surface area is 170 Å². The van der Waals surface area contributed by atoms with Crippen molar-refractivity contribution in [2.24, 2.45) is 0 Å². The van der Waals surface area contributed by atoms with Crippen LogP contribution in [0.4, 0.5) is 0 Å². The molecule has 4 rings (SSSR count). The summed E-state index contributed by atoms with van der Waals surface area (Å²) in [6.07, 6.45) is 0.250. The van der Waals surface area contributed by atoms with Gasteiger partial charge in [0.1, 0.15) is 0 Å². The second kappa shape index (κ2) is 10.4. The Bertz CT molecular complexity index is 947.